The minimum atomic E-state index is -1.66. The molecular formula is C41H70O13. The third-order valence-electron chi connectivity index (χ3n) is 16.2. The predicted molar refractivity (Wildman–Crippen MR) is 196 cm³/mol. The standard InChI is InChI=1S/C41H70O13/c1-20(2)10-9-13-41(8,54-36-33(50)31(48)30(47)25(53-36)19-52-35-32(49)29(46)24(44)18-51-35)21-11-15-39(6)28(21)22(42)16-26-38(5)14-12-27(45)37(3,4)34(38)23(43)17-40(26,39)7/h10,21-36,42-50H,9,11-19H2,1-8H3/t21-,22+,23+,24+,25?,26+,27-,28-,29+,30+,31+,32?,33?,34-,35-,36-,38+,39+,40+,41-/m0/s1. The Labute approximate surface area is 320 Å². The first-order valence-corrected chi connectivity index (χ1v) is 20.4. The van der Waals surface area contributed by atoms with Crippen LogP contribution in [-0.2, 0) is 18.9 Å². The van der Waals surface area contributed by atoms with Gasteiger partial charge >= 0.3 is 0 Å². The molecule has 13 nitrogen and oxygen atoms in total. The van der Waals surface area contributed by atoms with E-state index in [4.69, 9.17) is 18.9 Å². The van der Waals surface area contributed by atoms with Crippen LogP contribution in [0.4, 0.5) is 0 Å². The number of fused-ring (bicyclic) bond motifs is 5. The topological polar surface area (TPSA) is 219 Å². The van der Waals surface area contributed by atoms with Crippen LogP contribution in [0.25, 0.3) is 0 Å². The molecule has 9 N–H and O–H groups in total. The van der Waals surface area contributed by atoms with Crippen LogP contribution in [0.2, 0.25) is 0 Å². The molecule has 2 aliphatic heterocycles. The Bertz CT molecular complexity index is 1360. The normalized spacial score (nSPS) is 52.8. The molecule has 312 valence electrons. The number of allylic oxidation sites excluding steroid dienone is 2. The number of hydrogen-bond donors (Lipinski definition) is 9. The molecule has 2 heterocycles. The molecule has 0 aromatic heterocycles. The third-order valence-corrected chi connectivity index (χ3v) is 16.2. The summed E-state index contributed by atoms with van der Waals surface area (Å²) in [6.45, 7) is 16.4. The Balaban J connectivity index is 1.27. The van der Waals surface area contributed by atoms with Crippen molar-refractivity contribution in [1.82, 2.24) is 0 Å². The summed E-state index contributed by atoms with van der Waals surface area (Å²) in [4.78, 5) is 0. The Morgan fingerprint density at radius 1 is 0.778 bits per heavy atom. The molecule has 3 unspecified atom stereocenters. The van der Waals surface area contributed by atoms with Crippen molar-refractivity contribution in [3.8, 4) is 0 Å². The summed E-state index contributed by atoms with van der Waals surface area (Å²) in [6, 6.07) is 0. The second kappa shape index (κ2) is 15.1. The first-order chi connectivity index (χ1) is 25.0. The maximum absolute atomic E-state index is 12.4. The number of rotatable bonds is 9. The Hall–Kier alpha value is -0.780. The van der Waals surface area contributed by atoms with Crippen molar-refractivity contribution in [2.45, 2.75) is 186 Å². The summed E-state index contributed by atoms with van der Waals surface area (Å²) in [5.74, 6) is -0.398. The van der Waals surface area contributed by atoms with Crippen molar-refractivity contribution in [2.75, 3.05) is 13.2 Å². The zero-order valence-electron chi connectivity index (χ0n) is 33.5. The molecular weight excluding hydrogens is 700 g/mol. The first-order valence-electron chi connectivity index (χ1n) is 20.4. The van der Waals surface area contributed by atoms with Gasteiger partial charge in [0.1, 0.15) is 42.7 Å². The number of ether oxygens (including phenoxy) is 4. The van der Waals surface area contributed by atoms with Gasteiger partial charge in [0.05, 0.1) is 37.1 Å². The molecule has 0 aromatic carbocycles. The maximum Gasteiger partial charge on any atom is 0.187 e. The SMILES string of the molecule is CC(C)=CCC[C@](C)(O[C@@H]1OC(CO[C@@H]2OC[C@@H](O)[C@@H](O)C2O)[C@@H](O)[C@@H](O)C1O)[C@H]1CC[C@]2(C)[C@@H]1[C@H](O)C[C@@H]1[C@@]3(C)CC[C@H](O)C(C)(C)[C@@H]3[C@H](O)C[C@]12C. The maximum atomic E-state index is 12.4. The lowest BCUT2D eigenvalue weighted by Crippen LogP contribution is -2.70. The van der Waals surface area contributed by atoms with E-state index in [0.29, 0.717) is 32.1 Å². The van der Waals surface area contributed by atoms with Crippen molar-refractivity contribution >= 4 is 0 Å². The van der Waals surface area contributed by atoms with Gasteiger partial charge in [-0.2, -0.15) is 0 Å². The Morgan fingerprint density at radius 2 is 1.44 bits per heavy atom. The molecule has 54 heavy (non-hydrogen) atoms. The molecule has 0 radical (unpaired) electrons. The molecule has 0 aromatic rings. The highest BCUT2D eigenvalue weighted by Gasteiger charge is 2.73. The molecule has 4 aliphatic carbocycles. The number of aliphatic hydroxyl groups is 9. The fraction of sp³-hybridized carbons (Fsp3) is 0.951. The van der Waals surface area contributed by atoms with Crippen LogP contribution in [0.5, 0.6) is 0 Å². The van der Waals surface area contributed by atoms with Crippen LogP contribution in [0.3, 0.4) is 0 Å². The lowest BCUT2D eigenvalue weighted by Gasteiger charge is -2.71. The molecule has 20 atom stereocenters. The fourth-order valence-corrected chi connectivity index (χ4v) is 13.1. The lowest BCUT2D eigenvalue weighted by atomic mass is 9.34. The summed E-state index contributed by atoms with van der Waals surface area (Å²) in [6.07, 6.45) is -7.53. The van der Waals surface area contributed by atoms with Gasteiger partial charge in [-0.3, -0.25) is 0 Å². The van der Waals surface area contributed by atoms with Crippen LogP contribution >= 0.6 is 0 Å². The van der Waals surface area contributed by atoms with E-state index in [0.717, 1.165) is 24.8 Å². The van der Waals surface area contributed by atoms with Gasteiger partial charge in [-0.1, -0.05) is 46.3 Å². The molecule has 6 fully saturated rings. The van der Waals surface area contributed by atoms with Crippen LogP contribution in [0, 0.1) is 45.3 Å². The molecule has 0 amide bonds. The van der Waals surface area contributed by atoms with Crippen molar-refractivity contribution in [3.05, 3.63) is 11.6 Å². The summed E-state index contributed by atoms with van der Waals surface area (Å²) in [7, 11) is 0. The summed E-state index contributed by atoms with van der Waals surface area (Å²) >= 11 is 0. The molecule has 0 spiro atoms. The second-order valence-corrected chi connectivity index (χ2v) is 19.8. The summed E-state index contributed by atoms with van der Waals surface area (Å²) in [5, 5.41) is 99.1. The van der Waals surface area contributed by atoms with Gasteiger partial charge in [-0.25, -0.2) is 0 Å². The quantitative estimate of drug-likeness (QED) is 0.153. The molecule has 6 rings (SSSR count). The van der Waals surface area contributed by atoms with Crippen LogP contribution < -0.4 is 0 Å². The lowest BCUT2D eigenvalue weighted by molar-refractivity contribution is -0.346. The predicted octanol–water partition coefficient (Wildman–Crippen LogP) is 1.76. The van der Waals surface area contributed by atoms with E-state index in [1.807, 2.05) is 20.8 Å². The van der Waals surface area contributed by atoms with E-state index in [2.05, 4.69) is 40.7 Å². The highest BCUT2D eigenvalue weighted by atomic mass is 16.7. The molecule has 13 heteroatoms. The van der Waals surface area contributed by atoms with Gasteiger partial charge in [0.15, 0.2) is 12.6 Å². The second-order valence-electron chi connectivity index (χ2n) is 19.8. The van der Waals surface area contributed by atoms with Crippen molar-refractivity contribution in [3.63, 3.8) is 0 Å². The largest absolute Gasteiger partial charge is 0.393 e. The van der Waals surface area contributed by atoms with Gasteiger partial charge < -0.3 is 64.9 Å². The van der Waals surface area contributed by atoms with E-state index in [1.165, 1.54) is 0 Å². The summed E-state index contributed by atoms with van der Waals surface area (Å²) < 4.78 is 24.0. The number of aliphatic hydroxyl groups excluding tert-OH is 9. The third kappa shape index (κ3) is 6.86. The van der Waals surface area contributed by atoms with Gasteiger partial charge in [0.2, 0.25) is 0 Å². The van der Waals surface area contributed by atoms with Crippen molar-refractivity contribution in [2.24, 2.45) is 45.3 Å². The molecule has 4 saturated carbocycles. The van der Waals surface area contributed by atoms with Crippen LogP contribution in [0.15, 0.2) is 11.6 Å². The van der Waals surface area contributed by atoms with E-state index in [-0.39, 0.29) is 53.1 Å². The first kappa shape index (κ1) is 42.8. The smallest absolute Gasteiger partial charge is 0.187 e. The molecule has 2 saturated heterocycles. The minimum Gasteiger partial charge on any atom is -0.393 e. The average molecular weight is 771 g/mol. The summed E-state index contributed by atoms with van der Waals surface area (Å²) in [5.41, 5.74) is -1.30. The average Bonchev–Trinajstić information content (AvgIpc) is 3.47. The van der Waals surface area contributed by atoms with E-state index < -0.39 is 84.6 Å². The highest BCUT2D eigenvalue weighted by Crippen LogP contribution is 2.76. The van der Waals surface area contributed by atoms with Crippen LogP contribution in [0.1, 0.15) is 107 Å². The zero-order valence-corrected chi connectivity index (χ0v) is 33.5. The molecule has 6 aliphatic rings. The zero-order chi connectivity index (χ0) is 39.9. The van der Waals surface area contributed by atoms with E-state index in [9.17, 15) is 46.0 Å². The molecule has 0 bridgehead atoms. The fourth-order valence-electron chi connectivity index (χ4n) is 13.1. The van der Waals surface area contributed by atoms with Gasteiger partial charge in [0.25, 0.3) is 0 Å². The monoisotopic (exact) mass is 770 g/mol. The number of hydrogen-bond acceptors (Lipinski definition) is 13. The minimum absolute atomic E-state index is 0.109. The highest BCUT2D eigenvalue weighted by molar-refractivity contribution is 5.22. The van der Waals surface area contributed by atoms with Gasteiger partial charge in [-0.15, -0.1) is 0 Å². The van der Waals surface area contributed by atoms with Gasteiger partial charge in [-0.05, 0) is 117 Å². The van der Waals surface area contributed by atoms with Gasteiger partial charge in [0, 0.05) is 0 Å². The van der Waals surface area contributed by atoms with Crippen molar-refractivity contribution in [1.29, 1.82) is 0 Å². The van der Waals surface area contributed by atoms with E-state index in [1.54, 1.807) is 0 Å². The van der Waals surface area contributed by atoms with Crippen LogP contribution in [-0.4, -0.2) is 138 Å². The Morgan fingerprint density at radius 3 is 2.11 bits per heavy atom. The Kier molecular flexibility index (Phi) is 12.0. The van der Waals surface area contributed by atoms with Crippen molar-refractivity contribution < 1.29 is 64.9 Å². The van der Waals surface area contributed by atoms with E-state index >= 15 is 0 Å².